The molecule has 12 atom stereocenters. The van der Waals surface area contributed by atoms with Crippen molar-refractivity contribution in [2.45, 2.75) is 175 Å². The van der Waals surface area contributed by atoms with Gasteiger partial charge in [-0.2, -0.15) is 0 Å². The molecule has 2 unspecified atom stereocenters. The van der Waals surface area contributed by atoms with E-state index in [4.69, 9.17) is 28.8 Å². The molecular weight excluding hydrogens is 1020 g/mol. The molecule has 1 aliphatic rings. The second-order valence-corrected chi connectivity index (χ2v) is 21.7. The van der Waals surface area contributed by atoms with Crippen LogP contribution in [0.2, 0.25) is 0 Å². The molecule has 22 nitrogen and oxygen atoms in total. The standard InChI is InChI=1S/C57H97N7O15/c1-15-37(7)51(63(12)55(72)42(35(3)4)31-45(66)50(36(5)6)62(10)11)46(75-13)32-48(68)64-28-20-24-44(64)52(76-14)38(8)53(70)61-43(30-40-22-18-17-19-23-40)54(71)58-26-21-29-77-56(73)39(9)60-47(67)25-27-59-57(74)78-34-49(69)79-41(16-2)33-65/h17-19,22-23,35-39,41-44,46,49-52,65,69H,15-16,20-21,24-34H2,1-14H3,(H,58,71)(H,59,74)(H,60,67)(H,61,70)/t37-,38+,39-,41?,42-,43-,44-,46+,49?,50-,51-,52+/m0/s1. The van der Waals surface area contributed by atoms with Crippen molar-refractivity contribution in [1.82, 2.24) is 36.0 Å². The number of ketones is 1. The topological polar surface area (TPSA) is 281 Å². The van der Waals surface area contributed by atoms with Crippen molar-refractivity contribution < 1.29 is 72.3 Å². The van der Waals surface area contributed by atoms with E-state index in [1.165, 1.54) is 14.0 Å². The number of carbonyl (C=O) groups is 8. The number of ether oxygens (including phenoxy) is 5. The van der Waals surface area contributed by atoms with Gasteiger partial charge in [-0.05, 0) is 70.0 Å². The molecule has 0 saturated carbocycles. The number of aliphatic hydroxyl groups is 2. The first kappa shape index (κ1) is 69.8. The van der Waals surface area contributed by atoms with Crippen molar-refractivity contribution in [2.75, 3.05) is 74.8 Å². The fourth-order valence-corrected chi connectivity index (χ4v) is 10.2. The molecular formula is C57H97N7O15. The molecule has 79 heavy (non-hydrogen) atoms. The number of likely N-dealkylation sites (tertiary alicyclic amines) is 1. The van der Waals surface area contributed by atoms with Crippen LogP contribution in [0.3, 0.4) is 0 Å². The van der Waals surface area contributed by atoms with Gasteiger partial charge in [0.05, 0.1) is 62.0 Å². The second kappa shape index (κ2) is 36.2. The number of carbonyl (C=O) groups excluding carboxylic acids is 8. The highest BCUT2D eigenvalue weighted by Gasteiger charge is 2.44. The number of hydrogen-bond acceptors (Lipinski definition) is 16. The summed E-state index contributed by atoms with van der Waals surface area (Å²) >= 11 is 0. The summed E-state index contributed by atoms with van der Waals surface area (Å²) in [6.07, 6.45) is -1.74. The number of amides is 6. The first-order valence-corrected chi connectivity index (χ1v) is 28.1. The molecule has 0 radical (unpaired) electrons. The third-order valence-electron chi connectivity index (χ3n) is 14.8. The molecule has 2 rings (SSSR count). The minimum Gasteiger partial charge on any atom is -0.464 e. The van der Waals surface area contributed by atoms with Crippen LogP contribution in [0.5, 0.6) is 0 Å². The molecule has 0 bridgehead atoms. The first-order chi connectivity index (χ1) is 37.4. The summed E-state index contributed by atoms with van der Waals surface area (Å²) in [6.45, 7) is 16.4. The van der Waals surface area contributed by atoms with Crippen molar-refractivity contribution in [3.63, 3.8) is 0 Å². The number of methoxy groups -OCH3 is 2. The first-order valence-electron chi connectivity index (χ1n) is 28.1. The predicted molar refractivity (Wildman–Crippen MR) is 297 cm³/mol. The summed E-state index contributed by atoms with van der Waals surface area (Å²) in [5.74, 6) is -4.06. The summed E-state index contributed by atoms with van der Waals surface area (Å²) in [4.78, 5) is 113. The number of benzene rings is 1. The Bertz CT molecular complexity index is 2030. The Morgan fingerprint density at radius 3 is 2.05 bits per heavy atom. The normalized spacial score (nSPS) is 17.8. The highest BCUT2D eigenvalue weighted by atomic mass is 16.6. The van der Waals surface area contributed by atoms with Crippen LogP contribution in [0, 0.1) is 29.6 Å². The predicted octanol–water partition coefficient (Wildman–Crippen LogP) is 3.23. The third kappa shape index (κ3) is 23.0. The third-order valence-corrected chi connectivity index (χ3v) is 14.8. The number of likely N-dealkylation sites (N-methyl/N-ethyl adjacent to an activating group) is 2. The largest absolute Gasteiger partial charge is 0.464 e. The lowest BCUT2D eigenvalue weighted by Crippen LogP contribution is -2.55. The summed E-state index contributed by atoms with van der Waals surface area (Å²) < 4.78 is 27.4. The molecule has 1 aromatic carbocycles. The fourth-order valence-electron chi connectivity index (χ4n) is 10.2. The molecule has 1 saturated heterocycles. The SMILES string of the molecule is CCC(CO)OC(O)COC(=O)NCCC(=O)N[C@@H](C)C(=O)OCCCNC(=O)[C@H](Cc1ccccc1)NC(=O)[C@H](C)[C@@H](OC)[C@@H]1CCCN1C(=O)C[C@@H](OC)[C@H]([C@@H](C)CC)N(C)C(=O)[C@@H](CC(=O)[C@H](C(C)C)N(C)C)C(C)C. The number of rotatable bonds is 37. The van der Waals surface area contributed by atoms with Gasteiger partial charge < -0.3 is 65.0 Å². The Kier molecular flexibility index (Phi) is 32.0. The fraction of sp³-hybridized carbons (Fsp3) is 0.754. The number of aliphatic hydroxyl groups excluding tert-OH is 2. The highest BCUT2D eigenvalue weighted by Crippen LogP contribution is 2.31. The summed E-state index contributed by atoms with van der Waals surface area (Å²) in [7, 11) is 8.52. The van der Waals surface area contributed by atoms with Gasteiger partial charge in [-0.3, -0.25) is 33.7 Å². The van der Waals surface area contributed by atoms with Crippen LogP contribution in [0.4, 0.5) is 4.79 Å². The van der Waals surface area contributed by atoms with Crippen LogP contribution in [-0.4, -0.2) is 202 Å². The Morgan fingerprint density at radius 1 is 0.810 bits per heavy atom. The maximum atomic E-state index is 14.5. The Morgan fingerprint density at radius 2 is 1.48 bits per heavy atom. The number of esters is 1. The Hall–Kier alpha value is -5.26. The average molecular weight is 1120 g/mol. The Labute approximate surface area is 469 Å². The lowest BCUT2D eigenvalue weighted by Gasteiger charge is -2.41. The number of hydrogen-bond donors (Lipinski definition) is 6. The maximum Gasteiger partial charge on any atom is 0.407 e. The van der Waals surface area contributed by atoms with Crippen LogP contribution in [0.15, 0.2) is 30.3 Å². The molecule has 1 aromatic rings. The number of nitrogens with one attached hydrogen (secondary N) is 4. The van der Waals surface area contributed by atoms with Gasteiger partial charge in [0, 0.05) is 66.1 Å². The monoisotopic (exact) mass is 1120 g/mol. The molecule has 450 valence electrons. The quantitative estimate of drug-likeness (QED) is 0.0317. The molecule has 0 spiro atoms. The Balaban J connectivity index is 2.07. The summed E-state index contributed by atoms with van der Waals surface area (Å²) in [5, 5.41) is 29.6. The van der Waals surface area contributed by atoms with Crippen LogP contribution >= 0.6 is 0 Å². The highest BCUT2D eigenvalue weighted by molar-refractivity contribution is 5.91. The van der Waals surface area contributed by atoms with Crippen molar-refractivity contribution in [3.05, 3.63) is 35.9 Å². The molecule has 1 heterocycles. The van der Waals surface area contributed by atoms with E-state index < -0.39 is 97.0 Å². The number of Topliss-reactive ketones (excluding diaryl/α,β-unsaturated/α-hetero) is 1. The molecule has 1 aliphatic heterocycles. The van der Waals surface area contributed by atoms with Gasteiger partial charge in [-0.1, -0.05) is 92.1 Å². The lowest BCUT2D eigenvalue weighted by molar-refractivity contribution is -0.165. The van der Waals surface area contributed by atoms with Gasteiger partial charge in [0.2, 0.25) is 29.5 Å². The number of alkyl carbamates (subject to hydrolysis) is 1. The van der Waals surface area contributed by atoms with Crippen molar-refractivity contribution >= 4 is 47.4 Å². The lowest BCUT2D eigenvalue weighted by atomic mass is 9.83. The van der Waals surface area contributed by atoms with Crippen molar-refractivity contribution in [2.24, 2.45) is 29.6 Å². The minimum absolute atomic E-state index is 0.0111. The van der Waals surface area contributed by atoms with Gasteiger partial charge in [0.25, 0.3) is 0 Å². The average Bonchev–Trinajstić information content (AvgIpc) is 3.92. The van der Waals surface area contributed by atoms with E-state index >= 15 is 0 Å². The summed E-state index contributed by atoms with van der Waals surface area (Å²) in [5.41, 5.74) is 0.797. The van der Waals surface area contributed by atoms with E-state index in [0.29, 0.717) is 32.2 Å². The van der Waals surface area contributed by atoms with Crippen molar-refractivity contribution in [1.29, 1.82) is 0 Å². The summed E-state index contributed by atoms with van der Waals surface area (Å²) in [6, 6.07) is 5.86. The number of nitrogens with zero attached hydrogens (tertiary/aromatic N) is 3. The van der Waals surface area contributed by atoms with Crippen LogP contribution in [0.1, 0.15) is 119 Å². The van der Waals surface area contributed by atoms with Gasteiger partial charge in [0.15, 0.2) is 12.1 Å². The zero-order chi connectivity index (χ0) is 59.5. The van der Waals surface area contributed by atoms with Crippen LogP contribution in [0.25, 0.3) is 0 Å². The molecule has 6 N–H and O–H groups in total. The second-order valence-electron chi connectivity index (χ2n) is 21.7. The molecule has 0 aromatic heterocycles. The van der Waals surface area contributed by atoms with E-state index in [9.17, 15) is 43.5 Å². The molecule has 6 amide bonds. The van der Waals surface area contributed by atoms with E-state index in [2.05, 4.69) is 21.3 Å². The minimum atomic E-state index is -1.44. The van der Waals surface area contributed by atoms with Crippen LogP contribution in [-0.2, 0) is 63.7 Å². The van der Waals surface area contributed by atoms with E-state index in [0.717, 1.165) is 5.56 Å². The van der Waals surface area contributed by atoms with Gasteiger partial charge in [-0.15, -0.1) is 0 Å². The van der Waals surface area contributed by atoms with Crippen molar-refractivity contribution in [3.8, 4) is 0 Å². The van der Waals surface area contributed by atoms with E-state index in [1.54, 1.807) is 37.8 Å². The van der Waals surface area contributed by atoms with Gasteiger partial charge in [-0.25, -0.2) is 9.59 Å². The van der Waals surface area contributed by atoms with Gasteiger partial charge in [0.1, 0.15) is 18.7 Å². The molecule has 0 aliphatic carbocycles. The van der Waals surface area contributed by atoms with Gasteiger partial charge >= 0.3 is 12.1 Å². The smallest absolute Gasteiger partial charge is 0.407 e. The zero-order valence-corrected chi connectivity index (χ0v) is 49.6. The maximum absolute atomic E-state index is 14.5. The zero-order valence-electron chi connectivity index (χ0n) is 49.6. The van der Waals surface area contributed by atoms with E-state index in [1.807, 2.05) is 90.9 Å². The molecule has 22 heteroatoms. The van der Waals surface area contributed by atoms with E-state index in [-0.39, 0.29) is 99.8 Å². The van der Waals surface area contributed by atoms with Crippen LogP contribution < -0.4 is 21.3 Å². The molecule has 1 fully saturated rings.